The molecule has 7 nitrogen and oxygen atoms in total. The van der Waals surface area contributed by atoms with E-state index in [9.17, 15) is 18.0 Å². The maximum Gasteiger partial charge on any atom is 0.410 e. The van der Waals surface area contributed by atoms with Gasteiger partial charge in [-0.05, 0) is 43.3 Å². The van der Waals surface area contributed by atoms with Gasteiger partial charge in [0.1, 0.15) is 17.3 Å². The maximum absolute atomic E-state index is 13.7. The highest BCUT2D eigenvalue weighted by atomic mass is 19.4. The number of ether oxygens (including phenoxy) is 1. The van der Waals surface area contributed by atoms with E-state index in [1.54, 1.807) is 36.4 Å². The Labute approximate surface area is 169 Å². The van der Waals surface area contributed by atoms with Crippen LogP contribution in [-0.2, 0) is 0 Å². The first-order valence-electron chi connectivity index (χ1n) is 9.35. The second-order valence-corrected chi connectivity index (χ2v) is 6.78. The van der Waals surface area contributed by atoms with Crippen LogP contribution in [0, 0.1) is 0 Å². The van der Waals surface area contributed by atoms with Gasteiger partial charge in [-0.1, -0.05) is 0 Å². The molecule has 1 aliphatic rings. The number of furan rings is 1. The minimum absolute atomic E-state index is 0.0989. The third-order valence-electron chi connectivity index (χ3n) is 4.73. The number of anilines is 2. The van der Waals surface area contributed by atoms with Gasteiger partial charge in [-0.15, -0.1) is 0 Å². The summed E-state index contributed by atoms with van der Waals surface area (Å²) in [6, 6.07) is 8.62. The number of alkyl halides is 3. The maximum atomic E-state index is 13.7. The molecule has 2 atom stereocenters. The molecule has 0 aliphatic carbocycles. The summed E-state index contributed by atoms with van der Waals surface area (Å²) in [6.45, 7) is 2.37. The van der Waals surface area contributed by atoms with Crippen molar-refractivity contribution in [2.45, 2.75) is 31.6 Å². The molecule has 0 saturated heterocycles. The summed E-state index contributed by atoms with van der Waals surface area (Å²) in [6.07, 6.45) is -3.43. The number of hydrogen-bond acceptors (Lipinski definition) is 5. The molecule has 2 aromatic heterocycles. The number of halogens is 3. The van der Waals surface area contributed by atoms with Crippen LogP contribution in [0.5, 0.6) is 5.75 Å². The Morgan fingerprint density at radius 1 is 1.33 bits per heavy atom. The van der Waals surface area contributed by atoms with Crippen LogP contribution in [0.1, 0.15) is 41.7 Å². The highest BCUT2D eigenvalue weighted by molar-refractivity contribution is 6.03. The average Bonchev–Trinajstić information content (AvgIpc) is 3.38. The van der Waals surface area contributed by atoms with Crippen molar-refractivity contribution in [1.82, 2.24) is 9.78 Å². The second kappa shape index (κ2) is 7.77. The molecule has 0 bridgehead atoms. The van der Waals surface area contributed by atoms with E-state index in [4.69, 9.17) is 9.15 Å². The fourth-order valence-electron chi connectivity index (χ4n) is 3.36. The minimum Gasteiger partial charge on any atom is -0.494 e. The molecule has 0 radical (unpaired) electrons. The number of amides is 1. The van der Waals surface area contributed by atoms with Crippen molar-refractivity contribution < 1.29 is 27.1 Å². The third kappa shape index (κ3) is 3.98. The van der Waals surface area contributed by atoms with Gasteiger partial charge in [0.25, 0.3) is 5.91 Å². The lowest BCUT2D eigenvalue weighted by molar-refractivity contribution is -0.174. The Kier molecular flexibility index (Phi) is 5.15. The zero-order valence-corrected chi connectivity index (χ0v) is 15.9. The van der Waals surface area contributed by atoms with Crippen molar-refractivity contribution in [3.63, 3.8) is 0 Å². The molecule has 1 aliphatic heterocycles. The number of nitrogens with one attached hydrogen (secondary N) is 2. The van der Waals surface area contributed by atoms with E-state index in [0.717, 1.165) is 4.68 Å². The predicted octanol–water partition coefficient (Wildman–Crippen LogP) is 4.79. The van der Waals surface area contributed by atoms with Crippen molar-refractivity contribution >= 4 is 17.4 Å². The first kappa shape index (κ1) is 19.9. The van der Waals surface area contributed by atoms with Gasteiger partial charge < -0.3 is 19.8 Å². The van der Waals surface area contributed by atoms with Crippen LogP contribution in [0.25, 0.3) is 0 Å². The molecule has 3 aromatic rings. The fraction of sp³-hybridized carbons (Fsp3) is 0.300. The Hall–Kier alpha value is -3.43. The van der Waals surface area contributed by atoms with Gasteiger partial charge in [0.2, 0.25) is 0 Å². The van der Waals surface area contributed by atoms with Crippen molar-refractivity contribution in [1.29, 1.82) is 0 Å². The Bertz CT molecular complexity index is 1010. The number of fused-ring (bicyclic) bond motifs is 1. The highest BCUT2D eigenvalue weighted by Crippen LogP contribution is 2.43. The number of benzene rings is 1. The molecule has 1 aromatic carbocycles. The van der Waals surface area contributed by atoms with E-state index in [-0.39, 0.29) is 17.9 Å². The van der Waals surface area contributed by atoms with Crippen molar-refractivity contribution in [3.05, 3.63) is 60.2 Å². The van der Waals surface area contributed by atoms with Crippen LogP contribution in [0.4, 0.5) is 24.7 Å². The summed E-state index contributed by atoms with van der Waals surface area (Å²) in [7, 11) is 0. The lowest BCUT2D eigenvalue weighted by Crippen LogP contribution is -2.35. The number of hydrogen-bond donors (Lipinski definition) is 2. The van der Waals surface area contributed by atoms with Crippen molar-refractivity contribution in [3.8, 4) is 5.75 Å². The van der Waals surface area contributed by atoms with Gasteiger partial charge in [-0.25, -0.2) is 4.68 Å². The molecule has 0 fully saturated rings. The lowest BCUT2D eigenvalue weighted by Gasteiger charge is -2.32. The Balaban J connectivity index is 1.57. The van der Waals surface area contributed by atoms with Crippen molar-refractivity contribution in [2.75, 3.05) is 17.2 Å². The Morgan fingerprint density at radius 3 is 2.73 bits per heavy atom. The molecule has 158 valence electrons. The second-order valence-electron chi connectivity index (χ2n) is 6.78. The van der Waals surface area contributed by atoms with Crippen LogP contribution in [0.15, 0.2) is 53.1 Å². The SMILES string of the molecule is CCOc1ccc(NC(=O)c2cc3n(n2)C(C(F)(F)F)CC(c2ccco2)N3)cc1. The Morgan fingerprint density at radius 2 is 2.10 bits per heavy atom. The monoisotopic (exact) mass is 420 g/mol. The van der Waals surface area contributed by atoms with E-state index >= 15 is 0 Å². The van der Waals surface area contributed by atoms with Gasteiger partial charge in [0, 0.05) is 18.2 Å². The van der Waals surface area contributed by atoms with Crippen molar-refractivity contribution in [2.24, 2.45) is 0 Å². The number of nitrogens with zero attached hydrogens (tertiary/aromatic N) is 2. The highest BCUT2D eigenvalue weighted by Gasteiger charge is 2.47. The van der Waals surface area contributed by atoms with Gasteiger partial charge in [-0.2, -0.15) is 18.3 Å². The van der Waals surface area contributed by atoms with Crippen LogP contribution in [0.2, 0.25) is 0 Å². The van der Waals surface area contributed by atoms with Gasteiger partial charge in [0.05, 0.1) is 18.9 Å². The average molecular weight is 420 g/mol. The predicted molar refractivity (Wildman–Crippen MR) is 103 cm³/mol. The molecule has 30 heavy (non-hydrogen) atoms. The zero-order chi connectivity index (χ0) is 21.3. The van der Waals surface area contributed by atoms with Gasteiger partial charge in [0.15, 0.2) is 11.7 Å². The lowest BCUT2D eigenvalue weighted by atomic mass is 10.0. The minimum atomic E-state index is -4.53. The summed E-state index contributed by atoms with van der Waals surface area (Å²) in [5.74, 6) is 0.520. The van der Waals surface area contributed by atoms with Crippen LogP contribution >= 0.6 is 0 Å². The van der Waals surface area contributed by atoms with E-state index in [1.807, 2.05) is 6.92 Å². The largest absolute Gasteiger partial charge is 0.494 e. The quantitative estimate of drug-likeness (QED) is 0.621. The number of aromatic nitrogens is 2. The fourth-order valence-corrected chi connectivity index (χ4v) is 3.36. The molecule has 1 amide bonds. The zero-order valence-electron chi connectivity index (χ0n) is 15.9. The first-order chi connectivity index (χ1) is 14.3. The summed E-state index contributed by atoms with van der Waals surface area (Å²) in [5.41, 5.74) is 0.351. The summed E-state index contributed by atoms with van der Waals surface area (Å²) in [5, 5.41) is 9.53. The standard InChI is InChI=1S/C20H19F3N4O3/c1-2-29-13-7-5-12(6-8-13)24-19(28)15-11-18-25-14(16-4-3-9-30-16)10-17(20(21,22)23)27(18)26-15/h3-9,11,14,17,25H,2,10H2,1H3,(H,24,28). The topological polar surface area (TPSA) is 81.3 Å². The number of carbonyl (C=O) groups excluding carboxylic acids is 1. The first-order valence-corrected chi connectivity index (χ1v) is 9.35. The summed E-state index contributed by atoms with van der Waals surface area (Å²) >= 11 is 0. The van der Waals surface area contributed by atoms with Crippen LogP contribution in [0.3, 0.4) is 0 Å². The van der Waals surface area contributed by atoms with Crippen LogP contribution < -0.4 is 15.4 Å². The van der Waals surface area contributed by atoms with E-state index in [2.05, 4.69) is 15.7 Å². The molecular weight excluding hydrogens is 401 g/mol. The molecule has 0 spiro atoms. The smallest absolute Gasteiger partial charge is 0.410 e. The molecule has 4 rings (SSSR count). The molecule has 3 heterocycles. The molecule has 10 heteroatoms. The van der Waals surface area contributed by atoms with E-state index in [1.165, 1.54) is 12.3 Å². The summed E-state index contributed by atoms with van der Waals surface area (Å²) in [4.78, 5) is 12.6. The number of carbonyl (C=O) groups is 1. The van der Waals surface area contributed by atoms with E-state index < -0.39 is 24.2 Å². The van der Waals surface area contributed by atoms with Gasteiger partial charge >= 0.3 is 6.18 Å². The summed E-state index contributed by atoms with van der Waals surface area (Å²) < 4.78 is 52.4. The molecular formula is C20H19F3N4O3. The molecule has 0 saturated carbocycles. The van der Waals surface area contributed by atoms with E-state index in [0.29, 0.717) is 23.8 Å². The third-order valence-corrected chi connectivity index (χ3v) is 4.73. The van der Waals surface area contributed by atoms with Crippen LogP contribution in [-0.4, -0.2) is 28.5 Å². The molecule has 2 N–H and O–H groups in total. The normalized spacial score (nSPS) is 18.4. The molecule has 2 unspecified atom stereocenters. The number of rotatable bonds is 5. The van der Waals surface area contributed by atoms with Gasteiger partial charge in [-0.3, -0.25) is 4.79 Å².